The van der Waals surface area contributed by atoms with Crippen LogP contribution in [-0.2, 0) is 14.3 Å². The third-order valence-electron chi connectivity index (χ3n) is 5.04. The van der Waals surface area contributed by atoms with E-state index in [1.54, 1.807) is 0 Å². The maximum atomic E-state index is 12.5. The van der Waals surface area contributed by atoms with Crippen molar-refractivity contribution in [3.63, 3.8) is 0 Å². The highest BCUT2D eigenvalue weighted by Crippen LogP contribution is 2.42. The summed E-state index contributed by atoms with van der Waals surface area (Å²) >= 11 is 0. The zero-order valence-electron chi connectivity index (χ0n) is 13.5. The van der Waals surface area contributed by atoms with Gasteiger partial charge in [0, 0.05) is 12.0 Å². The Kier molecular flexibility index (Phi) is 6.07. The first-order chi connectivity index (χ1) is 10.2. The Balaban J connectivity index is 1.88. The van der Waals surface area contributed by atoms with Crippen LogP contribution in [0.5, 0.6) is 0 Å². The van der Waals surface area contributed by atoms with E-state index in [4.69, 9.17) is 4.74 Å². The van der Waals surface area contributed by atoms with Gasteiger partial charge in [0.15, 0.2) is 0 Å². The monoisotopic (exact) mass is 295 g/mol. The van der Waals surface area contributed by atoms with E-state index in [1.165, 1.54) is 6.42 Å². The Hall–Kier alpha value is -1.06. The predicted octanol–water partition coefficient (Wildman–Crippen LogP) is 3.15. The lowest BCUT2D eigenvalue weighted by Gasteiger charge is -2.28. The molecule has 0 N–H and O–H groups in total. The number of amides is 1. The van der Waals surface area contributed by atoms with Crippen LogP contribution < -0.4 is 0 Å². The molecule has 1 saturated heterocycles. The zero-order valence-corrected chi connectivity index (χ0v) is 13.5. The summed E-state index contributed by atoms with van der Waals surface area (Å²) in [6.45, 7) is 4.88. The number of fused-ring (bicyclic) bond motifs is 1. The normalized spacial score (nSPS) is 28.6. The Labute approximate surface area is 128 Å². The molecule has 1 aliphatic heterocycles. The van der Waals surface area contributed by atoms with Crippen molar-refractivity contribution >= 4 is 11.9 Å². The number of esters is 1. The number of rotatable bonds is 7. The van der Waals surface area contributed by atoms with E-state index in [0.717, 1.165) is 44.9 Å². The van der Waals surface area contributed by atoms with Gasteiger partial charge in [-0.25, -0.2) is 0 Å². The van der Waals surface area contributed by atoms with Crippen molar-refractivity contribution in [1.82, 2.24) is 4.90 Å². The van der Waals surface area contributed by atoms with Crippen LogP contribution >= 0.6 is 0 Å². The van der Waals surface area contributed by atoms with Gasteiger partial charge in [-0.3, -0.25) is 9.59 Å². The van der Waals surface area contributed by atoms with Crippen LogP contribution in [0.4, 0.5) is 0 Å². The summed E-state index contributed by atoms with van der Waals surface area (Å²) in [6, 6.07) is 0.242. The number of nitrogens with zero attached hydrogens (tertiary/aromatic N) is 1. The molecule has 0 aromatic carbocycles. The van der Waals surface area contributed by atoms with Crippen LogP contribution in [0.15, 0.2) is 0 Å². The van der Waals surface area contributed by atoms with Gasteiger partial charge in [-0.05, 0) is 31.6 Å². The Morgan fingerprint density at radius 2 is 2.00 bits per heavy atom. The lowest BCUT2D eigenvalue weighted by atomic mass is 9.78. The molecule has 21 heavy (non-hydrogen) atoms. The molecular formula is C17H29NO3. The maximum Gasteiger partial charge on any atom is 0.325 e. The minimum Gasteiger partial charge on any atom is -0.464 e. The fourth-order valence-corrected chi connectivity index (χ4v) is 3.98. The van der Waals surface area contributed by atoms with E-state index in [0.29, 0.717) is 12.5 Å². The van der Waals surface area contributed by atoms with Gasteiger partial charge < -0.3 is 9.64 Å². The van der Waals surface area contributed by atoms with Gasteiger partial charge in [-0.2, -0.15) is 0 Å². The molecule has 4 nitrogen and oxygen atoms in total. The molecule has 3 unspecified atom stereocenters. The fourth-order valence-electron chi connectivity index (χ4n) is 3.98. The van der Waals surface area contributed by atoms with Crippen molar-refractivity contribution in [2.45, 2.75) is 71.3 Å². The molecule has 1 heterocycles. The molecule has 4 heteroatoms. The molecule has 2 fully saturated rings. The minimum absolute atomic E-state index is 0.149. The highest BCUT2D eigenvalue weighted by molar-refractivity contribution is 5.86. The van der Waals surface area contributed by atoms with Crippen LogP contribution in [-0.4, -0.2) is 36.0 Å². The summed E-state index contributed by atoms with van der Waals surface area (Å²) < 4.78 is 5.27. The van der Waals surface area contributed by atoms with E-state index in [1.807, 2.05) is 4.90 Å². The summed E-state index contributed by atoms with van der Waals surface area (Å²) in [5.41, 5.74) is 0. The van der Waals surface area contributed by atoms with Crippen LogP contribution in [0.25, 0.3) is 0 Å². The second kappa shape index (κ2) is 7.81. The molecule has 0 bridgehead atoms. The smallest absolute Gasteiger partial charge is 0.325 e. The Morgan fingerprint density at radius 1 is 1.24 bits per heavy atom. The van der Waals surface area contributed by atoms with E-state index in [2.05, 4.69) is 13.8 Å². The van der Waals surface area contributed by atoms with Crippen molar-refractivity contribution in [2.24, 2.45) is 11.8 Å². The van der Waals surface area contributed by atoms with Crippen molar-refractivity contribution in [2.75, 3.05) is 13.2 Å². The molecule has 2 rings (SSSR count). The Morgan fingerprint density at radius 3 is 2.71 bits per heavy atom. The molecular weight excluding hydrogens is 266 g/mol. The average molecular weight is 295 g/mol. The average Bonchev–Trinajstić information content (AvgIpc) is 2.76. The minimum atomic E-state index is -0.239. The highest BCUT2D eigenvalue weighted by atomic mass is 16.5. The third kappa shape index (κ3) is 3.78. The first-order valence-electron chi connectivity index (χ1n) is 8.65. The first-order valence-corrected chi connectivity index (χ1v) is 8.65. The molecule has 0 spiro atoms. The van der Waals surface area contributed by atoms with Gasteiger partial charge in [0.25, 0.3) is 0 Å². The third-order valence-corrected chi connectivity index (χ3v) is 5.04. The number of carbonyl (C=O) groups excluding carboxylic acids is 2. The second-order valence-corrected chi connectivity index (χ2v) is 6.42. The van der Waals surface area contributed by atoms with E-state index in [-0.39, 0.29) is 30.4 Å². The summed E-state index contributed by atoms with van der Waals surface area (Å²) in [7, 11) is 0. The second-order valence-electron chi connectivity index (χ2n) is 6.42. The van der Waals surface area contributed by atoms with Gasteiger partial charge >= 0.3 is 5.97 Å². The predicted molar refractivity (Wildman–Crippen MR) is 81.7 cm³/mol. The van der Waals surface area contributed by atoms with E-state index >= 15 is 0 Å². The molecule has 1 saturated carbocycles. The van der Waals surface area contributed by atoms with Crippen molar-refractivity contribution in [1.29, 1.82) is 0 Å². The first kappa shape index (κ1) is 16.3. The molecule has 120 valence electrons. The number of unbranched alkanes of at least 4 members (excludes halogenated alkanes) is 2. The summed E-state index contributed by atoms with van der Waals surface area (Å²) in [6.07, 6.45) is 8.56. The van der Waals surface area contributed by atoms with Gasteiger partial charge in [0.1, 0.15) is 6.54 Å². The number of hydrogen-bond donors (Lipinski definition) is 0. The van der Waals surface area contributed by atoms with Gasteiger partial charge in [0.05, 0.1) is 6.61 Å². The fraction of sp³-hybridized carbons (Fsp3) is 0.882. The SMILES string of the molecule is CCCCCOC(=O)CN1C(=O)C2CCCCC2C1CC. The van der Waals surface area contributed by atoms with Crippen LogP contribution in [0.3, 0.4) is 0 Å². The molecule has 3 atom stereocenters. The van der Waals surface area contributed by atoms with E-state index < -0.39 is 0 Å². The molecule has 1 amide bonds. The summed E-state index contributed by atoms with van der Waals surface area (Å²) in [5.74, 6) is 0.578. The largest absolute Gasteiger partial charge is 0.464 e. The zero-order chi connectivity index (χ0) is 15.2. The van der Waals surface area contributed by atoms with Crippen LogP contribution in [0, 0.1) is 11.8 Å². The van der Waals surface area contributed by atoms with Crippen LogP contribution in [0.2, 0.25) is 0 Å². The lowest BCUT2D eigenvalue weighted by molar-refractivity contribution is -0.149. The topological polar surface area (TPSA) is 46.6 Å². The molecule has 0 radical (unpaired) electrons. The molecule has 0 aromatic rings. The van der Waals surface area contributed by atoms with Crippen molar-refractivity contribution in [3.8, 4) is 0 Å². The molecule has 0 aromatic heterocycles. The summed E-state index contributed by atoms with van der Waals surface area (Å²) in [5, 5.41) is 0. The van der Waals surface area contributed by atoms with E-state index in [9.17, 15) is 9.59 Å². The van der Waals surface area contributed by atoms with Gasteiger partial charge in [-0.1, -0.05) is 39.5 Å². The number of hydrogen-bond acceptors (Lipinski definition) is 3. The van der Waals surface area contributed by atoms with Crippen molar-refractivity contribution in [3.05, 3.63) is 0 Å². The van der Waals surface area contributed by atoms with Gasteiger partial charge in [-0.15, -0.1) is 0 Å². The Bertz CT molecular complexity index is 369. The standard InChI is InChI=1S/C17H29NO3/c1-3-5-8-11-21-16(19)12-18-15(4-2)13-9-6-7-10-14(13)17(18)20/h13-15H,3-12H2,1-2H3. The lowest BCUT2D eigenvalue weighted by Crippen LogP contribution is -2.39. The number of likely N-dealkylation sites (tertiary alicyclic amines) is 1. The quantitative estimate of drug-likeness (QED) is 0.535. The van der Waals surface area contributed by atoms with Gasteiger partial charge in [0.2, 0.25) is 5.91 Å². The maximum absolute atomic E-state index is 12.5. The number of ether oxygens (including phenoxy) is 1. The number of carbonyl (C=O) groups is 2. The highest BCUT2D eigenvalue weighted by Gasteiger charge is 2.48. The van der Waals surface area contributed by atoms with Crippen LogP contribution in [0.1, 0.15) is 65.2 Å². The van der Waals surface area contributed by atoms with Crippen molar-refractivity contribution < 1.29 is 14.3 Å². The molecule has 2 aliphatic rings. The molecule has 1 aliphatic carbocycles. The summed E-state index contributed by atoms with van der Waals surface area (Å²) in [4.78, 5) is 26.3.